The molecular weight excluding hydrogens is 749 g/mol. The average Bonchev–Trinajstić information content (AvgIpc) is 3.50. The monoisotopic (exact) mass is 801 g/mol. The summed E-state index contributed by atoms with van der Waals surface area (Å²) in [5, 5.41) is 0. The van der Waals surface area contributed by atoms with Gasteiger partial charge in [0, 0.05) is 47.5 Å². The molecule has 3 aromatic rings. The maximum absolute atomic E-state index is 11.4. The van der Waals surface area contributed by atoms with Crippen molar-refractivity contribution in [2.75, 3.05) is 36.3 Å². The van der Waals surface area contributed by atoms with Crippen LogP contribution in [0.2, 0.25) is 0 Å². The summed E-state index contributed by atoms with van der Waals surface area (Å²) in [5.41, 5.74) is 8.77. The molecule has 0 radical (unpaired) electrons. The van der Waals surface area contributed by atoms with Gasteiger partial charge in [-0.05, 0) is 80.5 Å². The normalized spacial score (nSPS) is 19.2. The van der Waals surface area contributed by atoms with Crippen LogP contribution in [-0.4, -0.2) is 67.6 Å². The zero-order valence-corrected chi connectivity index (χ0v) is 34.5. The predicted molar refractivity (Wildman–Crippen MR) is 222 cm³/mol. The fraction of sp³-hybridized carbons (Fsp3) is 0.386. The van der Waals surface area contributed by atoms with Crippen molar-refractivity contribution in [2.24, 2.45) is 0 Å². The number of nitrogens with zero attached hydrogens (tertiary/aromatic N) is 2. The lowest BCUT2D eigenvalue weighted by Crippen LogP contribution is -2.28. The van der Waals surface area contributed by atoms with Crippen molar-refractivity contribution in [3.8, 4) is 0 Å². The van der Waals surface area contributed by atoms with Gasteiger partial charge in [0.05, 0.1) is 22.5 Å². The number of para-hydroxylation sites is 2. The van der Waals surface area contributed by atoms with E-state index in [9.17, 15) is 25.9 Å². The number of hydrogen-bond donors (Lipinski definition) is 2. The van der Waals surface area contributed by atoms with Crippen LogP contribution in [0.3, 0.4) is 0 Å². The van der Waals surface area contributed by atoms with E-state index in [-0.39, 0.29) is 29.1 Å². The summed E-state index contributed by atoms with van der Waals surface area (Å²) >= 11 is 0. The molecule has 2 N–H and O–H groups in total. The van der Waals surface area contributed by atoms with Crippen LogP contribution in [0.25, 0.3) is 5.57 Å². The molecule has 12 heteroatoms. The minimum Gasteiger partial charge on any atom is -0.457 e. The standard InChI is InChI=1S/C44H52N2O8S2/c1-6-32-19-21-33(22-20-32)42-38(23-25-40-43(2,3)34-15-7-9-17-36(34)45(40)27-11-13-29-55(47,48)49)53-31-54-39(42)24-26-41-44(4,5)35-16-8-10-18-37(35)46(41)28-12-14-30-56(50,51)52/h7-10,15-26H,6,11-14,27-31H2,1-5H3,(H-,47,48,49,50,51,52)/p+1. The zero-order chi connectivity index (χ0) is 40.3. The third kappa shape index (κ3) is 9.04. The van der Waals surface area contributed by atoms with Gasteiger partial charge < -0.3 is 14.4 Å². The molecule has 0 spiro atoms. The van der Waals surface area contributed by atoms with E-state index < -0.39 is 20.2 Å². The SMILES string of the molecule is CCc1ccc(C2=C(/C=C/C3=[N+](CCCCS(=O)(=O)O)c4ccccc4C3(C)C)OCO/C2=C\C=C2\N(CCCCS(=O)(=O)O)c3ccccc3C2(C)C)cc1. The highest BCUT2D eigenvalue weighted by atomic mass is 32.2. The summed E-state index contributed by atoms with van der Waals surface area (Å²) < 4.78 is 79.2. The third-order valence-electron chi connectivity index (χ3n) is 11.0. The van der Waals surface area contributed by atoms with Gasteiger partial charge in [-0.15, -0.1) is 0 Å². The van der Waals surface area contributed by atoms with E-state index in [4.69, 9.17) is 9.47 Å². The van der Waals surface area contributed by atoms with E-state index in [0.29, 0.717) is 50.3 Å². The van der Waals surface area contributed by atoms with E-state index >= 15 is 0 Å². The van der Waals surface area contributed by atoms with Crippen LogP contribution >= 0.6 is 0 Å². The van der Waals surface area contributed by atoms with Crippen LogP contribution in [0.5, 0.6) is 0 Å². The number of benzene rings is 3. The molecule has 3 heterocycles. The number of hydrogen-bond acceptors (Lipinski definition) is 7. The van der Waals surface area contributed by atoms with Gasteiger partial charge in [-0.25, -0.2) is 0 Å². The number of allylic oxidation sites excluding steroid dienone is 6. The second kappa shape index (κ2) is 16.5. The van der Waals surface area contributed by atoms with Gasteiger partial charge in [0.1, 0.15) is 18.1 Å². The molecule has 0 saturated carbocycles. The molecule has 0 amide bonds. The summed E-state index contributed by atoms with van der Waals surface area (Å²) in [7, 11) is -8.08. The smallest absolute Gasteiger partial charge is 0.264 e. The van der Waals surface area contributed by atoms with E-state index in [0.717, 1.165) is 40.3 Å². The molecule has 0 bridgehead atoms. The molecule has 298 valence electrons. The Balaban J connectivity index is 1.42. The van der Waals surface area contributed by atoms with Crippen molar-refractivity contribution in [2.45, 2.75) is 77.6 Å². The van der Waals surface area contributed by atoms with Gasteiger partial charge in [0.25, 0.3) is 20.2 Å². The first-order valence-electron chi connectivity index (χ1n) is 19.2. The Morgan fingerprint density at radius 1 is 0.750 bits per heavy atom. The topological polar surface area (TPSA) is 133 Å². The molecule has 3 aromatic carbocycles. The van der Waals surface area contributed by atoms with E-state index in [1.54, 1.807) is 0 Å². The maximum atomic E-state index is 11.4. The van der Waals surface area contributed by atoms with Crippen LogP contribution in [0, 0.1) is 0 Å². The molecule has 3 aliphatic heterocycles. The van der Waals surface area contributed by atoms with Crippen molar-refractivity contribution >= 4 is 42.9 Å². The molecule has 0 aliphatic carbocycles. The first-order valence-corrected chi connectivity index (χ1v) is 22.4. The fourth-order valence-corrected chi connectivity index (χ4v) is 9.20. The molecule has 0 unspecified atom stereocenters. The molecule has 56 heavy (non-hydrogen) atoms. The highest BCUT2D eigenvalue weighted by Gasteiger charge is 2.44. The van der Waals surface area contributed by atoms with Crippen LogP contribution < -0.4 is 4.90 Å². The molecule has 3 aliphatic rings. The second-order valence-corrected chi connectivity index (χ2v) is 18.7. The van der Waals surface area contributed by atoms with Gasteiger partial charge in [-0.2, -0.15) is 21.4 Å². The Bertz CT molecular complexity index is 2330. The zero-order valence-electron chi connectivity index (χ0n) is 32.9. The molecule has 0 atom stereocenters. The largest absolute Gasteiger partial charge is 0.457 e. The minimum absolute atomic E-state index is 0.00644. The number of unbranched alkanes of at least 4 members (excludes halogenated alkanes) is 2. The van der Waals surface area contributed by atoms with Gasteiger partial charge in [-0.3, -0.25) is 9.11 Å². The Morgan fingerprint density at radius 3 is 2.07 bits per heavy atom. The highest BCUT2D eigenvalue weighted by Crippen LogP contribution is 2.48. The lowest BCUT2D eigenvalue weighted by Gasteiger charge is -2.28. The molecule has 0 aromatic heterocycles. The minimum atomic E-state index is -4.04. The summed E-state index contributed by atoms with van der Waals surface area (Å²) in [6.45, 7) is 12.0. The van der Waals surface area contributed by atoms with Crippen molar-refractivity contribution in [3.05, 3.63) is 137 Å². The maximum Gasteiger partial charge on any atom is 0.264 e. The third-order valence-corrected chi connectivity index (χ3v) is 12.6. The van der Waals surface area contributed by atoms with Crippen molar-refractivity contribution in [1.82, 2.24) is 0 Å². The van der Waals surface area contributed by atoms with Crippen molar-refractivity contribution in [1.29, 1.82) is 0 Å². The molecule has 10 nitrogen and oxygen atoms in total. The Morgan fingerprint density at radius 2 is 1.39 bits per heavy atom. The van der Waals surface area contributed by atoms with Gasteiger partial charge in [0.15, 0.2) is 5.71 Å². The van der Waals surface area contributed by atoms with Crippen LogP contribution in [0.4, 0.5) is 11.4 Å². The molecule has 0 fully saturated rings. The lowest BCUT2D eigenvalue weighted by atomic mass is 9.81. The number of ether oxygens (including phenoxy) is 2. The summed E-state index contributed by atoms with van der Waals surface area (Å²) in [6, 6.07) is 24.9. The number of aryl methyl sites for hydroxylation is 1. The first kappa shape index (κ1) is 41.2. The fourth-order valence-electron chi connectivity index (χ4n) is 8.06. The van der Waals surface area contributed by atoms with Crippen molar-refractivity contribution in [3.63, 3.8) is 0 Å². The molecular formula is C44H53N2O8S2+. The predicted octanol–water partition coefficient (Wildman–Crippen LogP) is 8.50. The van der Waals surface area contributed by atoms with Crippen LogP contribution in [-0.2, 0) is 47.0 Å². The molecule has 0 saturated heterocycles. The van der Waals surface area contributed by atoms with Crippen LogP contribution in [0.15, 0.2) is 114 Å². The Kier molecular flexibility index (Phi) is 12.2. The summed E-state index contributed by atoms with van der Waals surface area (Å²) in [4.78, 5) is 2.23. The van der Waals surface area contributed by atoms with E-state index in [2.05, 4.69) is 105 Å². The lowest BCUT2D eigenvalue weighted by molar-refractivity contribution is -0.438. The van der Waals surface area contributed by atoms with Crippen molar-refractivity contribution < 1.29 is 40.0 Å². The molecule has 6 rings (SSSR count). The van der Waals surface area contributed by atoms with Gasteiger partial charge >= 0.3 is 0 Å². The number of rotatable bonds is 15. The van der Waals surface area contributed by atoms with Gasteiger partial charge in [0.2, 0.25) is 12.5 Å². The quantitative estimate of drug-likeness (QED) is 0.0882. The highest BCUT2D eigenvalue weighted by molar-refractivity contribution is 7.86. The summed E-state index contributed by atoms with van der Waals surface area (Å²) in [5.74, 6) is 0.731. The van der Waals surface area contributed by atoms with Crippen LogP contribution in [0.1, 0.15) is 82.6 Å². The summed E-state index contributed by atoms with van der Waals surface area (Å²) in [6.07, 6.45) is 10.9. The Hall–Kier alpha value is -4.49. The second-order valence-electron chi connectivity index (χ2n) is 15.6. The number of anilines is 1. The Labute approximate surface area is 332 Å². The number of fused-ring (bicyclic) bond motifs is 2. The van der Waals surface area contributed by atoms with E-state index in [1.165, 1.54) is 16.7 Å². The average molecular weight is 802 g/mol. The van der Waals surface area contributed by atoms with Gasteiger partial charge in [-0.1, -0.05) is 81.4 Å². The van der Waals surface area contributed by atoms with E-state index in [1.807, 2.05) is 36.4 Å². The first-order chi connectivity index (χ1) is 26.5.